The van der Waals surface area contributed by atoms with Crippen molar-refractivity contribution in [3.8, 4) is 0 Å². The van der Waals surface area contributed by atoms with Crippen molar-refractivity contribution >= 4 is 21.5 Å². The molecule has 6 heteroatoms. The number of nitrogens with zero attached hydrogens (tertiary/aromatic N) is 1. The van der Waals surface area contributed by atoms with Crippen LogP contribution in [0.25, 0.3) is 0 Å². The van der Waals surface area contributed by atoms with Crippen molar-refractivity contribution in [2.24, 2.45) is 0 Å². The molecule has 0 unspecified atom stereocenters. The van der Waals surface area contributed by atoms with Crippen LogP contribution in [-0.2, 0) is 10.0 Å². The Labute approximate surface area is 112 Å². The monoisotopic (exact) mass is 277 g/mol. The predicted molar refractivity (Wildman–Crippen MR) is 75.8 cm³/mol. The van der Waals surface area contributed by atoms with Crippen molar-refractivity contribution in [3.63, 3.8) is 0 Å². The average molecular weight is 277 g/mol. The third kappa shape index (κ3) is 3.23. The molecule has 0 aliphatic heterocycles. The van der Waals surface area contributed by atoms with E-state index in [1.807, 2.05) is 19.1 Å². The molecule has 100 valence electrons. The number of hydrogen-bond acceptors (Lipinski definition) is 4. The van der Waals surface area contributed by atoms with E-state index in [-0.39, 0.29) is 4.90 Å². The summed E-state index contributed by atoms with van der Waals surface area (Å²) in [5.74, 6) is 0.506. The van der Waals surface area contributed by atoms with E-state index in [2.05, 4.69) is 15.0 Å². The molecule has 0 aliphatic carbocycles. The lowest BCUT2D eigenvalue weighted by Crippen LogP contribution is -2.13. The Morgan fingerprint density at radius 2 is 1.79 bits per heavy atom. The zero-order valence-corrected chi connectivity index (χ0v) is 11.5. The number of sulfonamides is 1. The molecule has 2 N–H and O–H groups in total. The Morgan fingerprint density at radius 3 is 2.42 bits per heavy atom. The van der Waals surface area contributed by atoms with E-state index in [0.29, 0.717) is 11.5 Å². The summed E-state index contributed by atoms with van der Waals surface area (Å²) < 4.78 is 26.9. The van der Waals surface area contributed by atoms with E-state index in [1.54, 1.807) is 19.2 Å². The second kappa shape index (κ2) is 5.27. The molecule has 1 aromatic carbocycles. The number of aromatic nitrogens is 1. The number of nitrogens with one attached hydrogen (secondary N) is 2. The molecule has 0 atom stereocenters. The van der Waals surface area contributed by atoms with Gasteiger partial charge in [-0.25, -0.2) is 13.4 Å². The molecule has 0 fully saturated rings. The van der Waals surface area contributed by atoms with Crippen molar-refractivity contribution in [2.45, 2.75) is 11.8 Å². The first-order valence-electron chi connectivity index (χ1n) is 5.74. The van der Waals surface area contributed by atoms with Crippen molar-refractivity contribution in [3.05, 3.63) is 48.2 Å². The predicted octanol–water partition coefficient (Wildman–Crippen LogP) is 2.23. The van der Waals surface area contributed by atoms with Gasteiger partial charge in [-0.2, -0.15) is 0 Å². The van der Waals surface area contributed by atoms with Crippen molar-refractivity contribution in [1.82, 2.24) is 4.98 Å². The van der Waals surface area contributed by atoms with Gasteiger partial charge in [-0.1, -0.05) is 17.7 Å². The minimum absolute atomic E-state index is 0.174. The molecular formula is C13H15N3O2S. The lowest BCUT2D eigenvalue weighted by Gasteiger charge is -2.09. The molecule has 0 amide bonds. The highest BCUT2D eigenvalue weighted by atomic mass is 32.2. The van der Waals surface area contributed by atoms with Crippen LogP contribution in [0.3, 0.4) is 0 Å². The standard InChI is InChI=1S/C13H15N3O2S/c1-10-3-5-11(6-4-10)16-19(17,18)12-7-8-15-13(9-12)14-2/h3-9,16H,1-2H3,(H,14,15). The van der Waals surface area contributed by atoms with Crippen molar-refractivity contribution < 1.29 is 8.42 Å². The average Bonchev–Trinajstić information content (AvgIpc) is 2.41. The van der Waals surface area contributed by atoms with Gasteiger partial charge < -0.3 is 5.32 Å². The third-order valence-corrected chi connectivity index (χ3v) is 3.98. The molecule has 1 aromatic heterocycles. The van der Waals surface area contributed by atoms with Gasteiger partial charge in [0, 0.05) is 25.0 Å². The van der Waals surface area contributed by atoms with E-state index in [4.69, 9.17) is 0 Å². The second-order valence-electron chi connectivity index (χ2n) is 4.10. The first kappa shape index (κ1) is 13.4. The lowest BCUT2D eigenvalue weighted by atomic mass is 10.2. The SMILES string of the molecule is CNc1cc(S(=O)(=O)Nc2ccc(C)cc2)ccn1. The Kier molecular flexibility index (Phi) is 3.71. The molecule has 5 nitrogen and oxygen atoms in total. The summed E-state index contributed by atoms with van der Waals surface area (Å²) in [6, 6.07) is 10.1. The molecule has 2 aromatic rings. The zero-order chi connectivity index (χ0) is 13.9. The molecule has 0 radical (unpaired) electrons. The number of rotatable bonds is 4. The van der Waals surface area contributed by atoms with Gasteiger partial charge in [0.05, 0.1) is 4.90 Å². The number of aryl methyl sites for hydroxylation is 1. The molecule has 0 saturated carbocycles. The fourth-order valence-corrected chi connectivity index (χ4v) is 2.62. The summed E-state index contributed by atoms with van der Waals surface area (Å²) in [6.45, 7) is 1.94. The Balaban J connectivity index is 2.29. The van der Waals surface area contributed by atoms with Crippen LogP contribution in [-0.4, -0.2) is 20.4 Å². The van der Waals surface area contributed by atoms with Crippen LogP contribution in [0.4, 0.5) is 11.5 Å². The fourth-order valence-electron chi connectivity index (χ4n) is 1.55. The van der Waals surface area contributed by atoms with Gasteiger partial charge in [0.1, 0.15) is 5.82 Å². The van der Waals surface area contributed by atoms with E-state index in [9.17, 15) is 8.42 Å². The third-order valence-electron chi connectivity index (χ3n) is 2.60. The summed E-state index contributed by atoms with van der Waals surface area (Å²) in [6.07, 6.45) is 1.45. The van der Waals surface area contributed by atoms with E-state index < -0.39 is 10.0 Å². The largest absolute Gasteiger partial charge is 0.373 e. The molecule has 0 saturated heterocycles. The van der Waals surface area contributed by atoms with Crippen LogP contribution in [0.1, 0.15) is 5.56 Å². The molecule has 1 heterocycles. The first-order chi connectivity index (χ1) is 9.01. The van der Waals surface area contributed by atoms with Gasteiger partial charge >= 0.3 is 0 Å². The van der Waals surface area contributed by atoms with Crippen molar-refractivity contribution in [2.75, 3.05) is 17.1 Å². The van der Waals surface area contributed by atoms with Crippen LogP contribution in [0.2, 0.25) is 0 Å². The summed E-state index contributed by atoms with van der Waals surface area (Å²) in [5.41, 5.74) is 1.61. The summed E-state index contributed by atoms with van der Waals surface area (Å²) in [5, 5.41) is 2.81. The minimum Gasteiger partial charge on any atom is -0.373 e. The number of hydrogen-bond donors (Lipinski definition) is 2. The quantitative estimate of drug-likeness (QED) is 0.899. The van der Waals surface area contributed by atoms with Gasteiger partial charge in [0.2, 0.25) is 0 Å². The van der Waals surface area contributed by atoms with Crippen LogP contribution in [0.15, 0.2) is 47.5 Å². The Bertz CT molecular complexity index is 667. The Hall–Kier alpha value is -2.08. The van der Waals surface area contributed by atoms with Gasteiger partial charge in [-0.3, -0.25) is 4.72 Å². The van der Waals surface area contributed by atoms with Gasteiger partial charge in [0.15, 0.2) is 0 Å². The highest BCUT2D eigenvalue weighted by Gasteiger charge is 2.14. The van der Waals surface area contributed by atoms with E-state index in [1.165, 1.54) is 18.3 Å². The molecule has 19 heavy (non-hydrogen) atoms. The minimum atomic E-state index is -3.59. The van der Waals surface area contributed by atoms with Crippen LogP contribution in [0, 0.1) is 6.92 Å². The molecule has 2 rings (SSSR count). The zero-order valence-electron chi connectivity index (χ0n) is 10.7. The highest BCUT2D eigenvalue weighted by molar-refractivity contribution is 7.92. The number of benzene rings is 1. The van der Waals surface area contributed by atoms with E-state index >= 15 is 0 Å². The summed E-state index contributed by atoms with van der Waals surface area (Å²) in [4.78, 5) is 4.16. The first-order valence-corrected chi connectivity index (χ1v) is 7.23. The van der Waals surface area contributed by atoms with Gasteiger partial charge in [-0.05, 0) is 25.1 Å². The van der Waals surface area contributed by atoms with Gasteiger partial charge in [0.25, 0.3) is 10.0 Å². The fraction of sp³-hybridized carbons (Fsp3) is 0.154. The maximum atomic E-state index is 12.2. The summed E-state index contributed by atoms with van der Waals surface area (Å²) >= 11 is 0. The van der Waals surface area contributed by atoms with Gasteiger partial charge in [-0.15, -0.1) is 0 Å². The van der Waals surface area contributed by atoms with Crippen LogP contribution in [0.5, 0.6) is 0 Å². The highest BCUT2D eigenvalue weighted by Crippen LogP contribution is 2.17. The Morgan fingerprint density at radius 1 is 1.11 bits per heavy atom. The normalized spacial score (nSPS) is 11.1. The lowest BCUT2D eigenvalue weighted by molar-refractivity contribution is 0.601. The maximum Gasteiger partial charge on any atom is 0.262 e. The molecule has 0 aliphatic rings. The van der Waals surface area contributed by atoms with Crippen LogP contribution >= 0.6 is 0 Å². The smallest absolute Gasteiger partial charge is 0.262 e. The second-order valence-corrected chi connectivity index (χ2v) is 5.78. The molecular weight excluding hydrogens is 262 g/mol. The van der Waals surface area contributed by atoms with Crippen molar-refractivity contribution in [1.29, 1.82) is 0 Å². The van der Waals surface area contributed by atoms with E-state index in [0.717, 1.165) is 5.56 Å². The number of anilines is 2. The molecule has 0 bridgehead atoms. The molecule has 0 spiro atoms. The van der Waals surface area contributed by atoms with Crippen LogP contribution < -0.4 is 10.0 Å². The maximum absolute atomic E-state index is 12.2. The summed E-state index contributed by atoms with van der Waals surface area (Å²) in [7, 11) is -1.90. The number of pyridine rings is 1. The topological polar surface area (TPSA) is 71.1 Å².